The van der Waals surface area contributed by atoms with Crippen LogP contribution in [0.5, 0.6) is 0 Å². The fourth-order valence-corrected chi connectivity index (χ4v) is 16.2. The van der Waals surface area contributed by atoms with Crippen molar-refractivity contribution in [3.63, 3.8) is 0 Å². The van der Waals surface area contributed by atoms with Crippen LogP contribution >= 0.6 is 0 Å². The highest BCUT2D eigenvalue weighted by Gasteiger charge is 2.64. The highest BCUT2D eigenvalue weighted by atomic mass is 16.3. The third kappa shape index (κ3) is 5.19. The van der Waals surface area contributed by atoms with Crippen molar-refractivity contribution in [2.75, 3.05) is 14.7 Å². The lowest BCUT2D eigenvalue weighted by Gasteiger charge is -2.58. The molecule has 5 heteroatoms. The topological polar surface area (TPSA) is 22.9 Å². The Morgan fingerprint density at radius 1 is 0.621 bits per heavy atom. The van der Waals surface area contributed by atoms with Crippen molar-refractivity contribution in [1.82, 2.24) is 0 Å². The number of aryl methyl sites for hydroxylation is 1. The molecule has 0 radical (unpaired) electrons. The van der Waals surface area contributed by atoms with Gasteiger partial charge in [-0.25, -0.2) is 0 Å². The first-order chi connectivity index (χ1) is 31.4. The Morgan fingerprint density at radius 2 is 1.29 bits per heavy atom. The molecule has 1 aromatic heterocycles. The molecule has 66 heavy (non-hydrogen) atoms. The molecule has 4 aliphatic heterocycles. The lowest BCUT2D eigenvalue weighted by molar-refractivity contribution is 0.163. The van der Waals surface area contributed by atoms with E-state index in [2.05, 4.69) is 176 Å². The van der Waals surface area contributed by atoms with Crippen LogP contribution in [0.3, 0.4) is 0 Å². The largest absolute Gasteiger partial charge is 0.456 e. The first-order valence-electron chi connectivity index (χ1n) is 26.1. The number of fused-ring (bicyclic) bond motifs is 13. The van der Waals surface area contributed by atoms with Crippen LogP contribution in [0.1, 0.15) is 168 Å². The van der Waals surface area contributed by atoms with Crippen molar-refractivity contribution < 1.29 is 4.42 Å². The van der Waals surface area contributed by atoms with Crippen molar-refractivity contribution >= 4 is 68.0 Å². The van der Waals surface area contributed by atoms with E-state index in [4.69, 9.17) is 4.42 Å². The first-order valence-corrected chi connectivity index (χ1v) is 26.1. The smallest absolute Gasteiger partial charge is 0.222 e. The number of rotatable bonds is 2. The zero-order chi connectivity index (χ0) is 45.7. The molecule has 6 aromatic rings. The summed E-state index contributed by atoms with van der Waals surface area (Å²) in [6, 6.07) is 34.9. The lowest BCUT2D eigenvalue weighted by atomic mass is 9.27. The van der Waals surface area contributed by atoms with Gasteiger partial charge in [0, 0.05) is 67.7 Å². The molecule has 7 aliphatic rings. The maximum absolute atomic E-state index is 6.52. The Morgan fingerprint density at radius 3 is 2.05 bits per heavy atom. The van der Waals surface area contributed by atoms with Gasteiger partial charge in [-0.1, -0.05) is 130 Å². The van der Waals surface area contributed by atoms with Crippen LogP contribution in [0.2, 0.25) is 5.82 Å². The molecule has 7 atom stereocenters. The quantitative estimate of drug-likeness (QED) is 0.162. The molecule has 5 aromatic carbocycles. The van der Waals surface area contributed by atoms with Crippen LogP contribution in [-0.2, 0) is 21.7 Å². The molecule has 340 valence electrons. The molecule has 3 aliphatic carbocycles. The minimum Gasteiger partial charge on any atom is -0.456 e. The maximum atomic E-state index is 6.52. The van der Waals surface area contributed by atoms with Gasteiger partial charge in [0.15, 0.2) is 0 Å². The Hall–Kier alpha value is -4.64. The Bertz CT molecular complexity index is 3040. The molecule has 0 N–H and O–H groups in total. The van der Waals surface area contributed by atoms with Crippen LogP contribution < -0.4 is 25.6 Å². The van der Waals surface area contributed by atoms with E-state index >= 15 is 0 Å². The van der Waals surface area contributed by atoms with E-state index in [0.717, 1.165) is 17.6 Å². The number of hydrogen-bond donors (Lipinski definition) is 0. The monoisotopic (exact) mass is 874 g/mol. The van der Waals surface area contributed by atoms with Gasteiger partial charge in [-0.15, -0.1) is 0 Å². The summed E-state index contributed by atoms with van der Waals surface area (Å²) in [4.78, 5) is 8.90. The summed E-state index contributed by atoms with van der Waals surface area (Å²) in [6.07, 6.45) is 13.8. The van der Waals surface area contributed by atoms with E-state index in [1.165, 1.54) is 114 Å². The van der Waals surface area contributed by atoms with E-state index in [9.17, 15) is 0 Å². The molecule has 0 amide bonds. The number of benzene rings is 5. The summed E-state index contributed by atoms with van der Waals surface area (Å²) in [6.45, 7) is 27.9. The van der Waals surface area contributed by atoms with Gasteiger partial charge in [-0.05, 0) is 157 Å². The highest BCUT2D eigenvalue weighted by molar-refractivity contribution is 6.91. The molecule has 13 rings (SSSR count). The van der Waals surface area contributed by atoms with Gasteiger partial charge in [0.25, 0.3) is 0 Å². The number of hydrogen-bond acceptors (Lipinski definition) is 4. The molecule has 3 fully saturated rings. The van der Waals surface area contributed by atoms with E-state index in [1.54, 1.807) is 27.7 Å². The molecule has 0 spiro atoms. The van der Waals surface area contributed by atoms with E-state index in [0.29, 0.717) is 24.6 Å². The van der Waals surface area contributed by atoms with Crippen molar-refractivity contribution in [3.8, 4) is 0 Å². The van der Waals surface area contributed by atoms with E-state index in [-0.39, 0.29) is 32.7 Å². The molecule has 3 saturated carbocycles. The second-order valence-corrected chi connectivity index (χ2v) is 25.6. The van der Waals surface area contributed by atoms with Crippen LogP contribution in [0.15, 0.2) is 89.3 Å². The number of furan rings is 1. The third-order valence-electron chi connectivity index (χ3n) is 20.2. The number of para-hydroxylation sites is 1. The first kappa shape index (κ1) is 41.5. The van der Waals surface area contributed by atoms with Gasteiger partial charge in [0.2, 0.25) is 6.71 Å². The number of nitrogens with zero attached hydrogens (tertiary/aromatic N) is 3. The van der Waals surface area contributed by atoms with Crippen LogP contribution in [-0.4, -0.2) is 29.9 Å². The minimum atomic E-state index is 0.0113. The van der Waals surface area contributed by atoms with E-state index < -0.39 is 0 Å². The van der Waals surface area contributed by atoms with Gasteiger partial charge < -0.3 is 19.1 Å². The SMILES string of the molecule is Cc1cc2c3c(c1)N1c4c(cc(C(C)(C)C)cc4C4(C)CCCCC14C)B3C1CCC(N3c4ccc(C(C)(C)C)cc4C4(C)CCCCC34C)CC1N2c1ccc2oc3ccccc3c2c1. The number of anilines is 5. The van der Waals surface area contributed by atoms with Crippen molar-refractivity contribution in [1.29, 1.82) is 0 Å². The van der Waals surface area contributed by atoms with Crippen molar-refractivity contribution in [2.24, 2.45) is 0 Å². The average molecular weight is 874 g/mol. The van der Waals surface area contributed by atoms with Gasteiger partial charge in [-0.3, -0.25) is 0 Å². The Kier molecular flexibility index (Phi) is 8.39. The summed E-state index contributed by atoms with van der Waals surface area (Å²) in [5.74, 6) is 0.465. The lowest BCUT2D eigenvalue weighted by Crippen LogP contribution is -2.67. The fraction of sp³-hybridized carbons (Fsp3) is 0.508. The second-order valence-electron chi connectivity index (χ2n) is 25.6. The average Bonchev–Trinajstić information content (AvgIpc) is 3.82. The molecule has 4 nitrogen and oxygen atoms in total. The van der Waals surface area contributed by atoms with Crippen LogP contribution in [0, 0.1) is 6.92 Å². The van der Waals surface area contributed by atoms with Gasteiger partial charge in [-0.2, -0.15) is 0 Å². The summed E-state index contributed by atoms with van der Waals surface area (Å²) >= 11 is 0. The maximum Gasteiger partial charge on any atom is 0.222 e. The molecule has 5 heterocycles. The molecular formula is C61H72BN3O. The molecular weight excluding hydrogens is 802 g/mol. The predicted octanol–water partition coefficient (Wildman–Crippen LogP) is 14.7. The van der Waals surface area contributed by atoms with Crippen molar-refractivity contribution in [3.05, 3.63) is 113 Å². The molecule has 7 unspecified atom stereocenters. The molecule has 0 saturated heterocycles. The summed E-state index contributed by atoms with van der Waals surface area (Å²) in [7, 11) is 0. The highest BCUT2D eigenvalue weighted by Crippen LogP contribution is 2.65. The van der Waals surface area contributed by atoms with Crippen LogP contribution in [0.25, 0.3) is 21.9 Å². The Labute approximate surface area is 395 Å². The molecule has 0 bridgehead atoms. The normalized spacial score (nSPS) is 30.9. The fourth-order valence-electron chi connectivity index (χ4n) is 16.2. The van der Waals surface area contributed by atoms with E-state index in [1.807, 2.05) is 0 Å². The van der Waals surface area contributed by atoms with Gasteiger partial charge >= 0.3 is 0 Å². The zero-order valence-electron chi connectivity index (χ0n) is 41.9. The minimum absolute atomic E-state index is 0.0113. The standard InChI is InChI=1S/C61H72BN3O/c1-37-30-50-54-51(31-37)65-55-45(59(9)27-15-17-29-61(59,65)11)33-39(57(5,6)7)34-47(55)62(54)46-23-21-41(36-49(46)63(50)40-22-25-53-43(35-40)42-18-12-13-19-52(42)66-53)64-48-24-20-38(56(2,3)4)32-44(48)58(8)26-14-16-28-60(58,64)10/h12-13,18-20,22,24-25,30-35,41,46,49H,14-17,21,23,26-29,36H2,1-11H3. The summed E-state index contributed by atoms with van der Waals surface area (Å²) in [5.41, 5.74) is 20.6. The summed E-state index contributed by atoms with van der Waals surface area (Å²) in [5, 5.41) is 2.43. The van der Waals surface area contributed by atoms with Crippen molar-refractivity contribution in [2.45, 2.75) is 197 Å². The predicted molar refractivity (Wildman–Crippen MR) is 281 cm³/mol. The second kappa shape index (κ2) is 13.3. The zero-order valence-corrected chi connectivity index (χ0v) is 41.9. The summed E-state index contributed by atoms with van der Waals surface area (Å²) < 4.78 is 6.52. The third-order valence-corrected chi connectivity index (χ3v) is 20.2. The van der Waals surface area contributed by atoms with Crippen LogP contribution in [0.4, 0.5) is 28.4 Å². The Balaban J connectivity index is 1.05. The van der Waals surface area contributed by atoms with Gasteiger partial charge in [0.05, 0.1) is 5.54 Å². The van der Waals surface area contributed by atoms with Gasteiger partial charge in [0.1, 0.15) is 11.2 Å².